The Morgan fingerprint density at radius 3 is 2.36 bits per heavy atom. The van der Waals surface area contributed by atoms with E-state index in [0.717, 1.165) is 23.5 Å². The number of aliphatic imine (C=N–C) groups is 1. The van der Waals surface area contributed by atoms with E-state index in [4.69, 9.17) is 9.47 Å². The van der Waals surface area contributed by atoms with Gasteiger partial charge in [0.15, 0.2) is 17.5 Å². The first-order valence-electron chi connectivity index (χ1n) is 9.37. The summed E-state index contributed by atoms with van der Waals surface area (Å²) in [7, 11) is 1.64. The molecule has 0 heterocycles. The van der Waals surface area contributed by atoms with E-state index < -0.39 is 12.8 Å². The molecule has 0 saturated carbocycles. The lowest BCUT2D eigenvalue weighted by Gasteiger charge is -2.14. The van der Waals surface area contributed by atoms with Crippen LogP contribution in [0, 0.1) is 0 Å². The van der Waals surface area contributed by atoms with E-state index in [1.165, 1.54) is 0 Å². The van der Waals surface area contributed by atoms with Crippen LogP contribution in [0.4, 0.5) is 13.2 Å². The summed E-state index contributed by atoms with van der Waals surface area (Å²) in [6, 6.07) is 5.85. The van der Waals surface area contributed by atoms with Crippen molar-refractivity contribution in [1.82, 2.24) is 10.6 Å². The molecule has 9 heteroatoms. The third kappa shape index (κ3) is 10.2. The van der Waals surface area contributed by atoms with Crippen molar-refractivity contribution in [3.8, 4) is 11.5 Å². The van der Waals surface area contributed by atoms with Crippen LogP contribution in [-0.4, -0.2) is 58.7 Å². The predicted octanol–water partition coefficient (Wildman–Crippen LogP) is 3.16. The van der Waals surface area contributed by atoms with Crippen LogP contribution in [0.1, 0.15) is 25.8 Å². The molecule has 0 aromatic heterocycles. The van der Waals surface area contributed by atoms with Gasteiger partial charge in [-0.2, -0.15) is 13.2 Å². The minimum Gasteiger partial charge on any atom is -0.490 e. The number of hydrogen-bond acceptors (Lipinski definition) is 4. The van der Waals surface area contributed by atoms with Crippen LogP contribution < -0.4 is 20.1 Å². The lowest BCUT2D eigenvalue weighted by Crippen LogP contribution is -2.39. The van der Waals surface area contributed by atoms with Gasteiger partial charge in [-0.1, -0.05) is 6.07 Å². The van der Waals surface area contributed by atoms with E-state index in [1.807, 2.05) is 32.0 Å². The third-order valence-corrected chi connectivity index (χ3v) is 3.56. The lowest BCUT2D eigenvalue weighted by atomic mass is 10.1. The average molecular weight is 405 g/mol. The summed E-state index contributed by atoms with van der Waals surface area (Å²) in [6.45, 7) is 4.91. The number of guanidine groups is 1. The summed E-state index contributed by atoms with van der Waals surface area (Å²) >= 11 is 0. The van der Waals surface area contributed by atoms with Gasteiger partial charge in [0.05, 0.1) is 13.2 Å². The molecule has 2 N–H and O–H groups in total. The highest BCUT2D eigenvalue weighted by molar-refractivity contribution is 5.79. The first-order valence-corrected chi connectivity index (χ1v) is 9.37. The molecule has 1 aromatic rings. The first-order chi connectivity index (χ1) is 13.4. The van der Waals surface area contributed by atoms with Gasteiger partial charge in [-0.05, 0) is 44.4 Å². The Labute approximate surface area is 164 Å². The summed E-state index contributed by atoms with van der Waals surface area (Å²) in [6.07, 6.45) is -3.08. The van der Waals surface area contributed by atoms with Gasteiger partial charge in [-0.15, -0.1) is 0 Å². The largest absolute Gasteiger partial charge is 0.490 e. The van der Waals surface area contributed by atoms with Gasteiger partial charge in [-0.25, -0.2) is 0 Å². The minimum atomic E-state index is -4.28. The lowest BCUT2D eigenvalue weighted by molar-refractivity contribution is -0.173. The molecule has 0 saturated heterocycles. The zero-order valence-electron chi connectivity index (χ0n) is 16.7. The van der Waals surface area contributed by atoms with Crippen LogP contribution in [-0.2, 0) is 11.2 Å². The highest BCUT2D eigenvalue weighted by atomic mass is 19.4. The van der Waals surface area contributed by atoms with E-state index in [2.05, 4.69) is 20.4 Å². The molecule has 160 valence electrons. The number of ether oxygens (including phenoxy) is 3. The summed E-state index contributed by atoms with van der Waals surface area (Å²) in [4.78, 5) is 4.09. The molecular formula is C19H30F3N3O3. The fraction of sp³-hybridized carbons (Fsp3) is 0.632. The maximum absolute atomic E-state index is 12.0. The second-order valence-electron chi connectivity index (χ2n) is 5.84. The van der Waals surface area contributed by atoms with Gasteiger partial charge in [-0.3, -0.25) is 4.99 Å². The van der Waals surface area contributed by atoms with Gasteiger partial charge in [0.1, 0.15) is 6.61 Å². The fourth-order valence-electron chi connectivity index (χ4n) is 2.37. The zero-order valence-corrected chi connectivity index (χ0v) is 16.7. The van der Waals surface area contributed by atoms with Gasteiger partial charge in [0.2, 0.25) is 0 Å². The number of benzene rings is 1. The molecular weight excluding hydrogens is 375 g/mol. The van der Waals surface area contributed by atoms with Crippen molar-refractivity contribution < 1.29 is 27.4 Å². The van der Waals surface area contributed by atoms with Crippen molar-refractivity contribution in [2.75, 3.05) is 46.6 Å². The molecule has 0 bridgehead atoms. The molecule has 0 aliphatic heterocycles. The van der Waals surface area contributed by atoms with E-state index in [0.29, 0.717) is 38.7 Å². The number of hydrogen-bond donors (Lipinski definition) is 2. The van der Waals surface area contributed by atoms with Gasteiger partial charge < -0.3 is 24.8 Å². The number of nitrogens with zero attached hydrogens (tertiary/aromatic N) is 1. The van der Waals surface area contributed by atoms with Crippen LogP contribution >= 0.6 is 0 Å². The molecule has 28 heavy (non-hydrogen) atoms. The fourth-order valence-corrected chi connectivity index (χ4v) is 2.37. The molecule has 6 nitrogen and oxygen atoms in total. The molecule has 0 aliphatic carbocycles. The SMILES string of the molecule is CCOc1ccc(CCNC(=NC)NCCCOCC(F)(F)F)cc1OCC. The highest BCUT2D eigenvalue weighted by Gasteiger charge is 2.27. The van der Waals surface area contributed by atoms with E-state index in [1.54, 1.807) is 7.05 Å². The number of nitrogens with one attached hydrogen (secondary N) is 2. The molecule has 1 rings (SSSR count). The van der Waals surface area contributed by atoms with Crippen molar-refractivity contribution in [3.05, 3.63) is 23.8 Å². The zero-order chi connectivity index (χ0) is 20.8. The van der Waals surface area contributed by atoms with Crippen LogP contribution in [0.5, 0.6) is 11.5 Å². The second kappa shape index (κ2) is 13.1. The van der Waals surface area contributed by atoms with E-state index >= 15 is 0 Å². The van der Waals surface area contributed by atoms with E-state index in [9.17, 15) is 13.2 Å². The number of rotatable bonds is 12. The third-order valence-electron chi connectivity index (χ3n) is 3.56. The highest BCUT2D eigenvalue weighted by Crippen LogP contribution is 2.28. The molecule has 0 aliphatic rings. The van der Waals surface area contributed by atoms with Crippen LogP contribution in [0.15, 0.2) is 23.2 Å². The minimum absolute atomic E-state index is 0.0376. The Hall–Kier alpha value is -2.16. The maximum Gasteiger partial charge on any atom is 0.411 e. The quantitative estimate of drug-likeness (QED) is 0.318. The van der Waals surface area contributed by atoms with Crippen molar-refractivity contribution in [3.63, 3.8) is 0 Å². The van der Waals surface area contributed by atoms with Gasteiger partial charge >= 0.3 is 6.18 Å². The molecule has 0 fully saturated rings. The molecule has 1 aromatic carbocycles. The Morgan fingerprint density at radius 1 is 1.04 bits per heavy atom. The van der Waals surface area contributed by atoms with Crippen molar-refractivity contribution in [2.45, 2.75) is 32.9 Å². The summed E-state index contributed by atoms with van der Waals surface area (Å²) in [5.41, 5.74) is 1.09. The summed E-state index contributed by atoms with van der Waals surface area (Å²) in [5, 5.41) is 6.21. The van der Waals surface area contributed by atoms with Crippen LogP contribution in [0.2, 0.25) is 0 Å². The maximum atomic E-state index is 12.0. The van der Waals surface area contributed by atoms with Gasteiger partial charge in [0.25, 0.3) is 0 Å². The Kier molecular flexibility index (Phi) is 11.2. The Balaban J connectivity index is 2.33. The van der Waals surface area contributed by atoms with Gasteiger partial charge in [0, 0.05) is 26.7 Å². The number of alkyl halides is 3. The topological polar surface area (TPSA) is 64.1 Å². The first kappa shape index (κ1) is 23.9. The predicted molar refractivity (Wildman–Crippen MR) is 103 cm³/mol. The molecule has 0 amide bonds. The molecule has 0 radical (unpaired) electrons. The van der Waals surface area contributed by atoms with Crippen LogP contribution in [0.3, 0.4) is 0 Å². The van der Waals surface area contributed by atoms with Crippen molar-refractivity contribution >= 4 is 5.96 Å². The van der Waals surface area contributed by atoms with Crippen LogP contribution in [0.25, 0.3) is 0 Å². The summed E-state index contributed by atoms with van der Waals surface area (Å²) < 4.78 is 51.7. The monoisotopic (exact) mass is 405 g/mol. The van der Waals surface area contributed by atoms with Crippen molar-refractivity contribution in [2.24, 2.45) is 4.99 Å². The normalized spacial score (nSPS) is 12.0. The standard InChI is InChI=1S/C19H30F3N3O3/c1-4-27-16-8-7-15(13-17(16)28-5-2)9-11-25-18(23-3)24-10-6-12-26-14-19(20,21)22/h7-8,13H,4-6,9-12,14H2,1-3H3,(H2,23,24,25). The Morgan fingerprint density at radius 2 is 1.71 bits per heavy atom. The number of halogens is 3. The van der Waals surface area contributed by atoms with Crippen molar-refractivity contribution in [1.29, 1.82) is 0 Å². The van der Waals surface area contributed by atoms with E-state index in [-0.39, 0.29) is 6.61 Å². The summed E-state index contributed by atoms with van der Waals surface area (Å²) in [5.74, 6) is 2.04. The molecule has 0 unspecified atom stereocenters. The second-order valence-corrected chi connectivity index (χ2v) is 5.84. The Bertz CT molecular complexity index is 596. The smallest absolute Gasteiger partial charge is 0.411 e. The molecule has 0 spiro atoms. The molecule has 0 atom stereocenters. The average Bonchev–Trinajstić information content (AvgIpc) is 2.64.